The zero-order chi connectivity index (χ0) is 21.7. The van der Waals surface area contributed by atoms with Crippen molar-refractivity contribution in [3.8, 4) is 23.0 Å². The molecule has 1 amide bonds. The number of hydrogen-bond acceptors (Lipinski definition) is 6. The molecular formula is C22H25N3O5. The maximum absolute atomic E-state index is 12.5. The standard InChI is InChI=1S/C22H25N3O5/c1-13-16(17-10-15(27-2)7-8-18(17)24-13)11-20(26)25-23-12-14-6-9-19(28-3)22(30-5)21(14)29-4/h6-10,12,24H,11H2,1-5H3,(H,25,26)/b23-12+. The third kappa shape index (κ3) is 4.17. The average molecular weight is 411 g/mol. The van der Waals surface area contributed by atoms with Crippen LogP contribution in [0.1, 0.15) is 16.8 Å². The molecule has 0 saturated heterocycles. The van der Waals surface area contributed by atoms with Crippen LogP contribution in [0.15, 0.2) is 35.4 Å². The molecule has 0 saturated carbocycles. The van der Waals surface area contributed by atoms with Gasteiger partial charge in [0.25, 0.3) is 0 Å². The summed E-state index contributed by atoms with van der Waals surface area (Å²) in [6.45, 7) is 1.94. The van der Waals surface area contributed by atoms with Crippen molar-refractivity contribution in [2.75, 3.05) is 28.4 Å². The third-order valence-electron chi connectivity index (χ3n) is 4.79. The molecule has 30 heavy (non-hydrogen) atoms. The molecule has 0 aliphatic heterocycles. The first-order valence-corrected chi connectivity index (χ1v) is 9.28. The van der Waals surface area contributed by atoms with Crippen LogP contribution in [0, 0.1) is 6.92 Å². The molecule has 2 N–H and O–H groups in total. The largest absolute Gasteiger partial charge is 0.497 e. The first-order chi connectivity index (χ1) is 14.5. The van der Waals surface area contributed by atoms with E-state index in [9.17, 15) is 4.79 Å². The highest BCUT2D eigenvalue weighted by atomic mass is 16.5. The number of methoxy groups -OCH3 is 4. The fourth-order valence-corrected chi connectivity index (χ4v) is 3.32. The Bertz CT molecular complexity index is 1090. The molecule has 3 rings (SSSR count). The van der Waals surface area contributed by atoms with Crippen molar-refractivity contribution in [2.45, 2.75) is 13.3 Å². The number of nitrogens with one attached hydrogen (secondary N) is 2. The van der Waals surface area contributed by atoms with E-state index >= 15 is 0 Å². The molecule has 1 heterocycles. The summed E-state index contributed by atoms with van der Waals surface area (Å²) in [7, 11) is 6.22. The summed E-state index contributed by atoms with van der Waals surface area (Å²) in [6.07, 6.45) is 1.68. The zero-order valence-corrected chi connectivity index (χ0v) is 17.7. The Hall–Kier alpha value is -3.68. The second-order valence-corrected chi connectivity index (χ2v) is 6.53. The van der Waals surface area contributed by atoms with Gasteiger partial charge in [-0.25, -0.2) is 5.43 Å². The molecular weight excluding hydrogens is 386 g/mol. The van der Waals surface area contributed by atoms with Gasteiger partial charge in [-0.1, -0.05) is 0 Å². The maximum Gasteiger partial charge on any atom is 0.244 e. The molecule has 3 aromatic rings. The normalized spacial score (nSPS) is 11.0. The highest BCUT2D eigenvalue weighted by Crippen LogP contribution is 2.39. The van der Waals surface area contributed by atoms with E-state index in [0.29, 0.717) is 22.8 Å². The predicted molar refractivity (Wildman–Crippen MR) is 115 cm³/mol. The lowest BCUT2D eigenvalue weighted by Gasteiger charge is -2.13. The Labute approximate surface area is 174 Å². The first kappa shape index (κ1) is 21.0. The molecule has 8 nitrogen and oxygen atoms in total. The van der Waals surface area contributed by atoms with E-state index in [-0.39, 0.29) is 12.3 Å². The Morgan fingerprint density at radius 2 is 1.80 bits per heavy atom. The molecule has 0 aliphatic rings. The van der Waals surface area contributed by atoms with E-state index < -0.39 is 0 Å². The number of H-pyrrole nitrogens is 1. The van der Waals surface area contributed by atoms with Gasteiger partial charge in [-0.15, -0.1) is 0 Å². The molecule has 0 bridgehead atoms. The minimum Gasteiger partial charge on any atom is -0.497 e. The molecule has 158 valence electrons. The minimum absolute atomic E-state index is 0.180. The molecule has 0 atom stereocenters. The number of hydrazone groups is 1. The van der Waals surface area contributed by atoms with Crippen molar-refractivity contribution in [2.24, 2.45) is 5.10 Å². The van der Waals surface area contributed by atoms with Crippen LogP contribution in [0.3, 0.4) is 0 Å². The number of amides is 1. The minimum atomic E-state index is -0.238. The summed E-state index contributed by atoms with van der Waals surface area (Å²) in [5, 5.41) is 5.02. The van der Waals surface area contributed by atoms with Gasteiger partial charge in [0.2, 0.25) is 11.7 Å². The highest BCUT2D eigenvalue weighted by Gasteiger charge is 2.15. The summed E-state index contributed by atoms with van der Waals surface area (Å²) >= 11 is 0. The predicted octanol–water partition coefficient (Wildman–Crippen LogP) is 3.20. The van der Waals surface area contributed by atoms with Crippen molar-refractivity contribution in [3.63, 3.8) is 0 Å². The summed E-state index contributed by atoms with van der Waals surface area (Å²) < 4.78 is 21.3. The van der Waals surface area contributed by atoms with Crippen LogP contribution in [0.4, 0.5) is 0 Å². The van der Waals surface area contributed by atoms with Gasteiger partial charge < -0.3 is 23.9 Å². The topological polar surface area (TPSA) is 94.2 Å². The first-order valence-electron chi connectivity index (χ1n) is 9.28. The van der Waals surface area contributed by atoms with Gasteiger partial charge >= 0.3 is 0 Å². The number of fused-ring (bicyclic) bond motifs is 1. The second kappa shape index (κ2) is 9.21. The maximum atomic E-state index is 12.5. The van der Waals surface area contributed by atoms with E-state index in [1.807, 2.05) is 25.1 Å². The summed E-state index contributed by atoms with van der Waals surface area (Å²) in [5.74, 6) is 1.97. The summed E-state index contributed by atoms with van der Waals surface area (Å²) in [5.41, 5.74) is 5.99. The van der Waals surface area contributed by atoms with E-state index in [4.69, 9.17) is 18.9 Å². The third-order valence-corrected chi connectivity index (χ3v) is 4.79. The molecule has 8 heteroatoms. The molecule has 0 unspecified atom stereocenters. The number of aryl methyl sites for hydroxylation is 1. The smallest absolute Gasteiger partial charge is 0.244 e. The lowest BCUT2D eigenvalue weighted by atomic mass is 10.1. The van der Waals surface area contributed by atoms with Crippen LogP contribution in [-0.4, -0.2) is 45.5 Å². The van der Waals surface area contributed by atoms with Gasteiger partial charge in [0.15, 0.2) is 11.5 Å². The number of rotatable bonds is 8. The summed E-state index contributed by atoms with van der Waals surface area (Å²) in [4.78, 5) is 15.8. The quantitative estimate of drug-likeness (QED) is 0.439. The molecule has 1 aromatic heterocycles. The van der Waals surface area contributed by atoms with Crippen molar-refractivity contribution in [1.29, 1.82) is 0 Å². The van der Waals surface area contributed by atoms with Gasteiger partial charge in [-0.05, 0) is 42.8 Å². The SMILES string of the molecule is COc1ccc2[nH]c(C)c(CC(=O)N/N=C/c3ccc(OC)c(OC)c3OC)c2c1. The Kier molecular flexibility index (Phi) is 6.46. The van der Waals surface area contributed by atoms with Crippen LogP contribution < -0.4 is 24.4 Å². The van der Waals surface area contributed by atoms with E-state index in [1.165, 1.54) is 20.4 Å². The number of ether oxygens (including phenoxy) is 4. The number of hydrogen-bond donors (Lipinski definition) is 2. The summed E-state index contributed by atoms with van der Waals surface area (Å²) in [6, 6.07) is 9.24. The van der Waals surface area contributed by atoms with Gasteiger partial charge in [0, 0.05) is 22.2 Å². The van der Waals surface area contributed by atoms with E-state index in [2.05, 4.69) is 15.5 Å². The Balaban J connectivity index is 1.76. The van der Waals surface area contributed by atoms with Gasteiger partial charge in [-0.2, -0.15) is 5.10 Å². The van der Waals surface area contributed by atoms with Crippen molar-refractivity contribution in [3.05, 3.63) is 47.2 Å². The van der Waals surface area contributed by atoms with Crippen LogP contribution in [0.2, 0.25) is 0 Å². The molecule has 0 spiro atoms. The average Bonchev–Trinajstić information content (AvgIpc) is 3.07. The lowest BCUT2D eigenvalue weighted by Crippen LogP contribution is -2.20. The highest BCUT2D eigenvalue weighted by molar-refractivity contribution is 5.92. The van der Waals surface area contributed by atoms with Gasteiger partial charge in [-0.3, -0.25) is 4.79 Å². The van der Waals surface area contributed by atoms with Gasteiger partial charge in [0.05, 0.1) is 41.1 Å². The van der Waals surface area contributed by atoms with Crippen LogP contribution in [0.5, 0.6) is 23.0 Å². The lowest BCUT2D eigenvalue weighted by molar-refractivity contribution is -0.120. The van der Waals surface area contributed by atoms with Crippen LogP contribution >= 0.6 is 0 Å². The Morgan fingerprint density at radius 1 is 1.03 bits per heavy atom. The number of carbonyl (C=O) groups excluding carboxylic acids is 1. The molecule has 0 aliphatic carbocycles. The zero-order valence-electron chi connectivity index (χ0n) is 17.7. The van der Waals surface area contributed by atoms with Crippen LogP contribution in [-0.2, 0) is 11.2 Å². The molecule has 0 fully saturated rings. The fourth-order valence-electron chi connectivity index (χ4n) is 3.32. The number of aromatic amines is 1. The Morgan fingerprint density at radius 3 is 2.47 bits per heavy atom. The van der Waals surface area contributed by atoms with Crippen molar-refractivity contribution >= 4 is 23.0 Å². The monoisotopic (exact) mass is 411 g/mol. The fraction of sp³-hybridized carbons (Fsp3) is 0.273. The van der Waals surface area contributed by atoms with Crippen molar-refractivity contribution < 1.29 is 23.7 Å². The number of carbonyl (C=O) groups is 1. The van der Waals surface area contributed by atoms with Gasteiger partial charge in [0.1, 0.15) is 5.75 Å². The second-order valence-electron chi connectivity index (χ2n) is 6.53. The van der Waals surface area contributed by atoms with E-state index in [1.54, 1.807) is 26.4 Å². The molecule has 2 aromatic carbocycles. The van der Waals surface area contributed by atoms with Crippen molar-refractivity contribution in [1.82, 2.24) is 10.4 Å². The number of aromatic nitrogens is 1. The molecule has 0 radical (unpaired) electrons. The number of nitrogens with zero attached hydrogens (tertiary/aromatic N) is 1. The van der Waals surface area contributed by atoms with Crippen LogP contribution in [0.25, 0.3) is 10.9 Å². The van der Waals surface area contributed by atoms with E-state index in [0.717, 1.165) is 27.9 Å². The number of benzene rings is 2.